The van der Waals surface area contributed by atoms with E-state index in [0.29, 0.717) is 23.9 Å². The molecule has 0 unspecified atom stereocenters. The van der Waals surface area contributed by atoms with Gasteiger partial charge in [0.15, 0.2) is 0 Å². The summed E-state index contributed by atoms with van der Waals surface area (Å²) in [5, 5.41) is 3.75. The molecule has 0 aliphatic carbocycles. The van der Waals surface area contributed by atoms with Crippen molar-refractivity contribution in [2.45, 2.75) is 20.5 Å². The van der Waals surface area contributed by atoms with Crippen molar-refractivity contribution in [3.05, 3.63) is 47.1 Å². The smallest absolute Gasteiger partial charge is 0.132 e. The zero-order valence-electron chi connectivity index (χ0n) is 12.2. The lowest BCUT2D eigenvalue weighted by Crippen LogP contribution is -2.04. The summed E-state index contributed by atoms with van der Waals surface area (Å²) in [6.07, 6.45) is 0. The van der Waals surface area contributed by atoms with Crippen LogP contribution in [0.1, 0.15) is 19.5 Å². The van der Waals surface area contributed by atoms with Crippen LogP contribution in [0.2, 0.25) is 5.02 Å². The monoisotopic (exact) mass is 306 g/mol. The number of hydrogen-bond acceptors (Lipinski definition) is 4. The molecular weight excluding hydrogens is 288 g/mol. The van der Waals surface area contributed by atoms with Gasteiger partial charge in [0, 0.05) is 6.54 Å². The van der Waals surface area contributed by atoms with Gasteiger partial charge in [0.1, 0.15) is 23.9 Å². The summed E-state index contributed by atoms with van der Waals surface area (Å²) in [4.78, 5) is 4.43. The maximum absolute atomic E-state index is 6.14. The number of hydrogen-bond donors (Lipinski definition) is 1. The van der Waals surface area contributed by atoms with Gasteiger partial charge in [-0.15, -0.1) is 0 Å². The van der Waals surface area contributed by atoms with E-state index in [1.54, 1.807) is 0 Å². The molecule has 21 heavy (non-hydrogen) atoms. The first-order valence-electron chi connectivity index (χ1n) is 6.98. The number of nitrogens with zero attached hydrogens (tertiary/aromatic N) is 1. The Bertz CT molecular complexity index is 573. The number of halogens is 1. The third kappa shape index (κ3) is 4.53. The Morgan fingerprint density at radius 1 is 1.00 bits per heavy atom. The van der Waals surface area contributed by atoms with Crippen LogP contribution in [0.25, 0.3) is 0 Å². The number of pyridine rings is 1. The molecule has 2 aromatic rings. The molecule has 0 spiro atoms. The molecule has 0 bridgehead atoms. The average molecular weight is 307 g/mol. The van der Waals surface area contributed by atoms with Gasteiger partial charge in [-0.05, 0) is 50.2 Å². The third-order valence-electron chi connectivity index (χ3n) is 2.79. The van der Waals surface area contributed by atoms with Gasteiger partial charge < -0.3 is 14.8 Å². The Morgan fingerprint density at radius 3 is 2.29 bits per heavy atom. The first-order valence-corrected chi connectivity index (χ1v) is 7.35. The highest BCUT2D eigenvalue weighted by atomic mass is 35.5. The van der Waals surface area contributed by atoms with Crippen molar-refractivity contribution in [2.24, 2.45) is 0 Å². The molecule has 4 nitrogen and oxygen atoms in total. The van der Waals surface area contributed by atoms with Crippen molar-refractivity contribution in [1.29, 1.82) is 0 Å². The first kappa shape index (κ1) is 15.4. The van der Waals surface area contributed by atoms with E-state index >= 15 is 0 Å². The highest BCUT2D eigenvalue weighted by Crippen LogP contribution is 2.21. The van der Waals surface area contributed by atoms with E-state index in [9.17, 15) is 0 Å². The SMILES string of the molecule is CCNc1ccc(Cl)c(COc2ccc(OCC)cc2)n1. The van der Waals surface area contributed by atoms with Gasteiger partial charge in [0.2, 0.25) is 0 Å². The summed E-state index contributed by atoms with van der Waals surface area (Å²) in [5.74, 6) is 2.38. The van der Waals surface area contributed by atoms with Crippen LogP contribution in [-0.4, -0.2) is 18.1 Å². The molecule has 0 atom stereocenters. The summed E-state index contributed by atoms with van der Waals surface area (Å²) in [6.45, 7) is 5.76. The van der Waals surface area contributed by atoms with Crippen molar-refractivity contribution in [3.8, 4) is 11.5 Å². The normalized spacial score (nSPS) is 10.2. The Hall–Kier alpha value is -1.94. The predicted octanol–water partition coefficient (Wildman–Crippen LogP) is 4.14. The molecule has 0 amide bonds. The second kappa shape index (κ2) is 7.74. The van der Waals surface area contributed by atoms with Crippen LogP contribution < -0.4 is 14.8 Å². The second-order valence-corrected chi connectivity index (χ2v) is 4.76. The van der Waals surface area contributed by atoms with Crippen LogP contribution in [0.15, 0.2) is 36.4 Å². The molecule has 0 fully saturated rings. The Morgan fingerprint density at radius 2 is 1.67 bits per heavy atom. The molecule has 1 heterocycles. The Balaban J connectivity index is 2.00. The minimum Gasteiger partial charge on any atom is -0.494 e. The molecule has 112 valence electrons. The van der Waals surface area contributed by atoms with Gasteiger partial charge in [0.05, 0.1) is 17.3 Å². The fourth-order valence-electron chi connectivity index (χ4n) is 1.82. The highest BCUT2D eigenvalue weighted by Gasteiger charge is 2.05. The van der Waals surface area contributed by atoms with Crippen molar-refractivity contribution in [1.82, 2.24) is 4.98 Å². The fourth-order valence-corrected chi connectivity index (χ4v) is 1.98. The van der Waals surface area contributed by atoms with E-state index in [0.717, 1.165) is 23.9 Å². The van der Waals surface area contributed by atoms with Crippen molar-refractivity contribution in [3.63, 3.8) is 0 Å². The van der Waals surface area contributed by atoms with Gasteiger partial charge >= 0.3 is 0 Å². The third-order valence-corrected chi connectivity index (χ3v) is 3.13. The summed E-state index contributed by atoms with van der Waals surface area (Å²) >= 11 is 6.14. The van der Waals surface area contributed by atoms with Crippen molar-refractivity contribution in [2.75, 3.05) is 18.5 Å². The molecule has 1 aromatic carbocycles. The lowest BCUT2D eigenvalue weighted by molar-refractivity contribution is 0.299. The van der Waals surface area contributed by atoms with Crippen molar-refractivity contribution < 1.29 is 9.47 Å². The number of nitrogens with one attached hydrogen (secondary N) is 1. The molecule has 1 N–H and O–H groups in total. The largest absolute Gasteiger partial charge is 0.494 e. The number of ether oxygens (including phenoxy) is 2. The van der Waals surface area contributed by atoms with Gasteiger partial charge in [-0.2, -0.15) is 0 Å². The minimum atomic E-state index is 0.325. The molecule has 0 saturated carbocycles. The Labute approximate surface area is 130 Å². The summed E-state index contributed by atoms with van der Waals surface area (Å²) in [6, 6.07) is 11.2. The molecule has 0 radical (unpaired) electrons. The number of anilines is 1. The van der Waals surface area contributed by atoms with Crippen LogP contribution in [0.5, 0.6) is 11.5 Å². The lowest BCUT2D eigenvalue weighted by Gasteiger charge is -2.10. The lowest BCUT2D eigenvalue weighted by atomic mass is 10.3. The highest BCUT2D eigenvalue weighted by molar-refractivity contribution is 6.31. The summed E-state index contributed by atoms with van der Waals surface area (Å²) in [5.41, 5.74) is 0.712. The molecule has 0 aliphatic heterocycles. The topological polar surface area (TPSA) is 43.4 Å². The van der Waals surface area contributed by atoms with E-state index in [1.807, 2.05) is 50.2 Å². The summed E-state index contributed by atoms with van der Waals surface area (Å²) < 4.78 is 11.1. The van der Waals surface area contributed by atoms with Crippen LogP contribution in [0.3, 0.4) is 0 Å². The number of benzene rings is 1. The van der Waals surface area contributed by atoms with Crippen LogP contribution in [0.4, 0.5) is 5.82 Å². The zero-order chi connectivity index (χ0) is 15.1. The van der Waals surface area contributed by atoms with Gasteiger partial charge in [-0.25, -0.2) is 4.98 Å². The molecule has 5 heteroatoms. The maximum atomic E-state index is 6.14. The van der Waals surface area contributed by atoms with Crippen LogP contribution >= 0.6 is 11.6 Å². The molecular formula is C16H19ClN2O2. The molecule has 2 rings (SSSR count). The summed E-state index contributed by atoms with van der Waals surface area (Å²) in [7, 11) is 0. The fraction of sp³-hybridized carbons (Fsp3) is 0.312. The van der Waals surface area contributed by atoms with Crippen LogP contribution in [0, 0.1) is 0 Å². The number of rotatable bonds is 7. The van der Waals surface area contributed by atoms with Gasteiger partial charge in [0.25, 0.3) is 0 Å². The molecule has 0 saturated heterocycles. The molecule has 0 aliphatic rings. The van der Waals surface area contributed by atoms with E-state index < -0.39 is 0 Å². The van der Waals surface area contributed by atoms with Crippen molar-refractivity contribution >= 4 is 17.4 Å². The van der Waals surface area contributed by atoms with E-state index in [1.165, 1.54) is 0 Å². The predicted molar refractivity (Wildman–Crippen MR) is 85.4 cm³/mol. The standard InChI is InChI=1S/C16H19ClN2O2/c1-3-18-16-10-9-14(17)15(19-16)11-21-13-7-5-12(6-8-13)20-4-2/h5-10H,3-4,11H2,1-2H3,(H,18,19). The maximum Gasteiger partial charge on any atom is 0.132 e. The van der Waals surface area contributed by atoms with E-state index in [4.69, 9.17) is 21.1 Å². The average Bonchev–Trinajstić information content (AvgIpc) is 2.50. The second-order valence-electron chi connectivity index (χ2n) is 4.35. The Kier molecular flexibility index (Phi) is 5.69. The van der Waals surface area contributed by atoms with Gasteiger partial charge in [-0.1, -0.05) is 11.6 Å². The van der Waals surface area contributed by atoms with Crippen LogP contribution in [-0.2, 0) is 6.61 Å². The zero-order valence-corrected chi connectivity index (χ0v) is 13.0. The first-order chi connectivity index (χ1) is 10.2. The van der Waals surface area contributed by atoms with E-state index in [2.05, 4.69) is 10.3 Å². The molecule has 1 aromatic heterocycles. The quantitative estimate of drug-likeness (QED) is 0.834. The minimum absolute atomic E-state index is 0.325. The number of aromatic nitrogens is 1. The van der Waals surface area contributed by atoms with E-state index in [-0.39, 0.29) is 0 Å². The van der Waals surface area contributed by atoms with Gasteiger partial charge in [-0.3, -0.25) is 0 Å².